The molecule has 0 fully saturated rings. The molecule has 0 aliphatic rings. The van der Waals surface area contributed by atoms with Gasteiger partial charge in [0.25, 0.3) is 0 Å². The van der Waals surface area contributed by atoms with Gasteiger partial charge in [-0.3, -0.25) is 4.89 Å². The molecule has 0 saturated carbocycles. The number of fused-ring (bicyclic) bond motifs is 2. The highest BCUT2D eigenvalue weighted by Gasteiger charge is 2.16. The Bertz CT molecular complexity index is 1870. The number of esters is 2. The average molecular weight is 565 g/mol. The zero-order valence-electron chi connectivity index (χ0n) is 22.6. The molecular formula is C33H24O9. The lowest BCUT2D eigenvalue weighted by Gasteiger charge is -2.12. The second-order valence-corrected chi connectivity index (χ2v) is 9.30. The van der Waals surface area contributed by atoms with E-state index in [2.05, 4.69) is 6.58 Å². The van der Waals surface area contributed by atoms with Gasteiger partial charge in [0.1, 0.15) is 11.5 Å². The third kappa shape index (κ3) is 6.15. The molecule has 1 N–H and O–H groups in total. The van der Waals surface area contributed by atoms with Gasteiger partial charge in [0, 0.05) is 11.6 Å². The first-order valence-electron chi connectivity index (χ1n) is 12.6. The van der Waals surface area contributed by atoms with Gasteiger partial charge in [0.05, 0.1) is 18.2 Å². The van der Waals surface area contributed by atoms with E-state index in [9.17, 15) is 19.5 Å². The van der Waals surface area contributed by atoms with E-state index in [1.54, 1.807) is 66.7 Å². The van der Waals surface area contributed by atoms with Crippen LogP contribution in [-0.4, -0.2) is 30.1 Å². The Hall–Kier alpha value is -5.83. The van der Waals surface area contributed by atoms with Gasteiger partial charge in [-0.15, -0.1) is 0 Å². The molecule has 0 heterocycles. The van der Waals surface area contributed by atoms with Crippen molar-refractivity contribution in [2.24, 2.45) is 0 Å². The predicted octanol–water partition coefficient (Wildman–Crippen LogP) is 6.56. The van der Waals surface area contributed by atoms with Gasteiger partial charge in [0.15, 0.2) is 17.2 Å². The smallest absolute Gasteiger partial charge is 0.381 e. The lowest BCUT2D eigenvalue weighted by atomic mass is 10.1. The van der Waals surface area contributed by atoms with Gasteiger partial charge in [-0.1, -0.05) is 30.8 Å². The summed E-state index contributed by atoms with van der Waals surface area (Å²) in [5.74, 6) is -0.930. The maximum atomic E-state index is 12.9. The number of hydrogen-bond donors (Lipinski definition) is 1. The number of aromatic hydroxyl groups is 1. The second kappa shape index (κ2) is 11.7. The van der Waals surface area contributed by atoms with Crippen LogP contribution in [0.3, 0.4) is 0 Å². The van der Waals surface area contributed by atoms with E-state index in [0.717, 1.165) is 21.5 Å². The molecule has 0 amide bonds. The van der Waals surface area contributed by atoms with Crippen LogP contribution in [0.15, 0.2) is 103 Å². The summed E-state index contributed by atoms with van der Waals surface area (Å²) in [6, 6.07) is 24.1. The SMILES string of the molecule is C=C(C)C(=O)OOc1ccc2cc(C(=O)Oc3ccc(OC(=O)c4ccc5cc(O)ccc5c4)c(OC)c3)ccc2c1. The number of rotatable bonds is 8. The number of benzene rings is 5. The number of hydrogen-bond acceptors (Lipinski definition) is 9. The normalized spacial score (nSPS) is 10.6. The molecule has 0 spiro atoms. The third-order valence-corrected chi connectivity index (χ3v) is 6.22. The lowest BCUT2D eigenvalue weighted by molar-refractivity contribution is -0.208. The van der Waals surface area contributed by atoms with Gasteiger partial charge >= 0.3 is 17.9 Å². The molecule has 0 unspecified atom stereocenters. The molecule has 9 nitrogen and oxygen atoms in total. The van der Waals surface area contributed by atoms with E-state index < -0.39 is 17.9 Å². The summed E-state index contributed by atoms with van der Waals surface area (Å²) in [6.45, 7) is 5.00. The summed E-state index contributed by atoms with van der Waals surface area (Å²) in [5, 5.41) is 12.7. The van der Waals surface area contributed by atoms with Crippen LogP contribution in [0.2, 0.25) is 0 Å². The highest BCUT2D eigenvalue weighted by Crippen LogP contribution is 2.33. The Kier molecular flexibility index (Phi) is 7.74. The molecule has 0 aromatic heterocycles. The minimum Gasteiger partial charge on any atom is -0.508 e. The number of carbonyl (C=O) groups is 3. The molecule has 0 aliphatic carbocycles. The van der Waals surface area contributed by atoms with Crippen molar-refractivity contribution in [2.45, 2.75) is 6.92 Å². The van der Waals surface area contributed by atoms with Gasteiger partial charge in [-0.05, 0) is 89.1 Å². The van der Waals surface area contributed by atoms with Crippen molar-refractivity contribution in [3.8, 4) is 28.7 Å². The van der Waals surface area contributed by atoms with Gasteiger partial charge in [-0.25, -0.2) is 19.3 Å². The van der Waals surface area contributed by atoms with Gasteiger partial charge in [-0.2, -0.15) is 0 Å². The average Bonchev–Trinajstić information content (AvgIpc) is 2.99. The Balaban J connectivity index is 1.27. The molecule has 5 aromatic carbocycles. The zero-order chi connectivity index (χ0) is 29.8. The van der Waals surface area contributed by atoms with E-state index >= 15 is 0 Å². The summed E-state index contributed by atoms with van der Waals surface area (Å²) in [4.78, 5) is 47.0. The van der Waals surface area contributed by atoms with Crippen LogP contribution in [0.25, 0.3) is 21.5 Å². The predicted molar refractivity (Wildman–Crippen MR) is 154 cm³/mol. The van der Waals surface area contributed by atoms with E-state index in [1.165, 1.54) is 38.3 Å². The molecule has 42 heavy (non-hydrogen) atoms. The van der Waals surface area contributed by atoms with Crippen molar-refractivity contribution < 1.29 is 43.5 Å². The number of carbonyl (C=O) groups excluding carboxylic acids is 3. The summed E-state index contributed by atoms with van der Waals surface area (Å²) in [7, 11) is 1.40. The van der Waals surface area contributed by atoms with Crippen LogP contribution < -0.4 is 19.1 Å². The van der Waals surface area contributed by atoms with Crippen LogP contribution in [0, 0.1) is 0 Å². The van der Waals surface area contributed by atoms with Crippen molar-refractivity contribution in [2.75, 3.05) is 7.11 Å². The standard InChI is InChI=1S/C33H24O9/c1-19(2)31(35)42-41-28-11-9-21-15-24(7-5-23(21)17-28)32(36)39-27-12-13-29(30(18-27)38-3)40-33(37)25-6-4-22-16-26(34)10-8-20(22)14-25/h4-18,34H,1H2,2-3H3. The van der Waals surface area contributed by atoms with Crippen molar-refractivity contribution in [3.63, 3.8) is 0 Å². The maximum absolute atomic E-state index is 12.9. The van der Waals surface area contributed by atoms with Crippen LogP contribution in [0.1, 0.15) is 27.6 Å². The fraction of sp³-hybridized carbons (Fsp3) is 0.0606. The highest BCUT2D eigenvalue weighted by atomic mass is 17.2. The minimum atomic E-state index is -0.677. The highest BCUT2D eigenvalue weighted by molar-refractivity contribution is 5.98. The molecule has 0 radical (unpaired) electrons. The van der Waals surface area contributed by atoms with Crippen LogP contribution in [-0.2, 0) is 9.68 Å². The Morgan fingerprint density at radius 2 is 1.21 bits per heavy atom. The summed E-state index contributed by atoms with van der Waals surface area (Å²) < 4.78 is 16.4. The van der Waals surface area contributed by atoms with E-state index in [1.807, 2.05) is 0 Å². The first-order valence-corrected chi connectivity index (χ1v) is 12.6. The Morgan fingerprint density at radius 1 is 0.643 bits per heavy atom. The van der Waals surface area contributed by atoms with Crippen molar-refractivity contribution >= 4 is 39.5 Å². The molecule has 0 saturated heterocycles. The van der Waals surface area contributed by atoms with Crippen LogP contribution in [0.4, 0.5) is 0 Å². The molecular weight excluding hydrogens is 540 g/mol. The van der Waals surface area contributed by atoms with Gasteiger partial charge < -0.3 is 19.3 Å². The second-order valence-electron chi connectivity index (χ2n) is 9.30. The molecule has 0 bridgehead atoms. The van der Waals surface area contributed by atoms with Crippen LogP contribution in [0.5, 0.6) is 28.7 Å². The number of ether oxygens (including phenoxy) is 3. The Labute approximate surface area is 240 Å². The minimum absolute atomic E-state index is 0.133. The largest absolute Gasteiger partial charge is 0.508 e. The fourth-order valence-corrected chi connectivity index (χ4v) is 4.04. The quantitative estimate of drug-likeness (QED) is 0.0735. The number of phenols is 1. The zero-order valence-corrected chi connectivity index (χ0v) is 22.6. The maximum Gasteiger partial charge on any atom is 0.381 e. The Morgan fingerprint density at radius 3 is 1.88 bits per heavy atom. The number of phenolic OH excluding ortho intramolecular Hbond substituents is 1. The molecule has 5 rings (SSSR count). The summed E-state index contributed by atoms with van der Waals surface area (Å²) >= 11 is 0. The van der Waals surface area contributed by atoms with Crippen molar-refractivity contribution in [1.29, 1.82) is 0 Å². The lowest BCUT2D eigenvalue weighted by Crippen LogP contribution is -2.10. The first kappa shape index (κ1) is 27.7. The molecule has 0 aliphatic heterocycles. The monoisotopic (exact) mass is 564 g/mol. The molecule has 5 aromatic rings. The topological polar surface area (TPSA) is 118 Å². The van der Waals surface area contributed by atoms with Crippen molar-refractivity contribution in [3.05, 3.63) is 114 Å². The molecule has 210 valence electrons. The summed E-state index contributed by atoms with van der Waals surface area (Å²) in [6.07, 6.45) is 0. The van der Waals surface area contributed by atoms with Crippen molar-refractivity contribution in [1.82, 2.24) is 0 Å². The van der Waals surface area contributed by atoms with E-state index in [4.69, 9.17) is 24.0 Å². The van der Waals surface area contributed by atoms with E-state index in [0.29, 0.717) is 16.9 Å². The fourth-order valence-electron chi connectivity index (χ4n) is 4.04. The number of methoxy groups -OCH3 is 1. The van der Waals surface area contributed by atoms with E-state index in [-0.39, 0.29) is 28.6 Å². The van der Waals surface area contributed by atoms with Crippen LogP contribution >= 0.6 is 0 Å². The third-order valence-electron chi connectivity index (χ3n) is 6.22. The molecule has 0 atom stereocenters. The summed E-state index contributed by atoms with van der Waals surface area (Å²) in [5.41, 5.74) is 0.814. The first-order chi connectivity index (χ1) is 20.2. The van der Waals surface area contributed by atoms with Gasteiger partial charge in [0.2, 0.25) is 0 Å². The molecule has 9 heteroatoms.